The molecule has 0 fully saturated rings. The van der Waals surface area contributed by atoms with Crippen LogP contribution in [0.5, 0.6) is 5.75 Å². The van der Waals surface area contributed by atoms with E-state index < -0.39 is 42.1 Å². The van der Waals surface area contributed by atoms with Crippen LogP contribution >= 0.6 is 0 Å². The van der Waals surface area contributed by atoms with Gasteiger partial charge in [0.05, 0.1) is 0 Å². The normalized spacial score (nSPS) is 15.9. The highest BCUT2D eigenvalue weighted by Crippen LogP contribution is 2.46. The summed E-state index contributed by atoms with van der Waals surface area (Å²) in [4.78, 5) is 24.1. The van der Waals surface area contributed by atoms with Crippen molar-refractivity contribution in [1.82, 2.24) is 0 Å². The number of aliphatic carboxylic acids is 1. The van der Waals surface area contributed by atoms with Gasteiger partial charge in [-0.15, -0.1) is 13.2 Å². The van der Waals surface area contributed by atoms with Gasteiger partial charge in [-0.1, -0.05) is 26.0 Å². The summed E-state index contributed by atoms with van der Waals surface area (Å²) < 4.78 is 83.1. The summed E-state index contributed by atoms with van der Waals surface area (Å²) in [5.41, 5.74) is 0.206. The van der Waals surface area contributed by atoms with E-state index in [0.717, 1.165) is 18.2 Å². The molecule has 0 bridgehead atoms. The van der Waals surface area contributed by atoms with Gasteiger partial charge < -0.3 is 14.7 Å². The summed E-state index contributed by atoms with van der Waals surface area (Å²) in [6.45, 7) is 3.42. The number of nitrogens with zero attached hydrogens (tertiary/aromatic N) is 1. The first-order valence-electron chi connectivity index (χ1n) is 10.3. The number of benzene rings is 2. The van der Waals surface area contributed by atoms with Gasteiger partial charge >= 0.3 is 18.5 Å². The number of carbonyl (C=O) groups is 2. The Kier molecular flexibility index (Phi) is 6.67. The highest BCUT2D eigenvalue weighted by Gasteiger charge is 2.42. The van der Waals surface area contributed by atoms with Crippen LogP contribution in [0.15, 0.2) is 36.4 Å². The molecule has 1 aliphatic rings. The molecular weight excluding hydrogens is 480 g/mol. The molecule has 0 atom stereocenters. The number of alkyl halides is 6. The zero-order chi connectivity index (χ0) is 26.3. The van der Waals surface area contributed by atoms with Crippen LogP contribution in [0.2, 0.25) is 0 Å². The molecule has 188 valence electrons. The second kappa shape index (κ2) is 8.94. The number of anilines is 1. The van der Waals surface area contributed by atoms with Crippen LogP contribution in [0.25, 0.3) is 17.2 Å². The van der Waals surface area contributed by atoms with Crippen molar-refractivity contribution in [3.8, 4) is 16.9 Å². The number of fused-ring (bicyclic) bond motifs is 1. The lowest BCUT2D eigenvalue weighted by molar-refractivity contribution is -0.274. The summed E-state index contributed by atoms with van der Waals surface area (Å²) >= 11 is 0. The van der Waals surface area contributed by atoms with E-state index in [9.17, 15) is 35.9 Å². The largest absolute Gasteiger partial charge is 0.573 e. The Balaban J connectivity index is 2.27. The molecule has 1 N–H and O–H groups in total. The highest BCUT2D eigenvalue weighted by atomic mass is 19.4. The lowest BCUT2D eigenvalue weighted by atomic mass is 9.75. The lowest BCUT2D eigenvalue weighted by Gasteiger charge is -2.39. The van der Waals surface area contributed by atoms with Crippen LogP contribution in [0.4, 0.5) is 32.0 Å². The van der Waals surface area contributed by atoms with Gasteiger partial charge in [0.25, 0.3) is 0 Å². The maximum atomic E-state index is 13.3. The Hall–Kier alpha value is -3.50. The maximum absolute atomic E-state index is 13.3. The molecule has 35 heavy (non-hydrogen) atoms. The van der Waals surface area contributed by atoms with Crippen molar-refractivity contribution in [1.29, 1.82) is 0 Å². The van der Waals surface area contributed by atoms with E-state index >= 15 is 0 Å². The van der Waals surface area contributed by atoms with Crippen molar-refractivity contribution < 1.29 is 45.8 Å². The van der Waals surface area contributed by atoms with Crippen LogP contribution in [0.1, 0.15) is 37.0 Å². The van der Waals surface area contributed by atoms with E-state index in [2.05, 4.69) is 4.74 Å². The zero-order valence-electron chi connectivity index (χ0n) is 18.8. The van der Waals surface area contributed by atoms with Gasteiger partial charge in [-0.2, -0.15) is 13.2 Å². The first kappa shape index (κ1) is 26.1. The molecule has 3 rings (SSSR count). The monoisotopic (exact) mass is 501 g/mol. The SMILES string of the molecule is Cc1cc2c(cc1-c1cc(/C=C/C(=O)O)ccc1OC(F)(F)F)N(CC(F)(F)F)C(=O)CC2(C)C. The van der Waals surface area contributed by atoms with Crippen molar-refractivity contribution in [3.05, 3.63) is 53.1 Å². The molecule has 5 nitrogen and oxygen atoms in total. The number of ether oxygens (including phenoxy) is 1. The summed E-state index contributed by atoms with van der Waals surface area (Å²) in [6, 6.07) is 6.24. The predicted molar refractivity (Wildman–Crippen MR) is 116 cm³/mol. The number of rotatable bonds is 5. The van der Waals surface area contributed by atoms with Crippen LogP contribution < -0.4 is 9.64 Å². The number of aryl methyl sites for hydroxylation is 1. The van der Waals surface area contributed by atoms with Gasteiger partial charge in [0.2, 0.25) is 5.91 Å². The maximum Gasteiger partial charge on any atom is 0.573 e. The smallest absolute Gasteiger partial charge is 0.478 e. The van der Waals surface area contributed by atoms with Crippen LogP contribution in [-0.4, -0.2) is 36.1 Å². The molecule has 2 aromatic carbocycles. The third kappa shape index (κ3) is 6.14. The molecule has 1 heterocycles. The van der Waals surface area contributed by atoms with Crippen molar-refractivity contribution in [2.75, 3.05) is 11.4 Å². The fraction of sp³-hybridized carbons (Fsp3) is 0.333. The first-order chi connectivity index (χ1) is 16.0. The minimum atomic E-state index is -5.06. The molecule has 2 aromatic rings. The van der Waals surface area contributed by atoms with Gasteiger partial charge in [-0.25, -0.2) is 4.79 Å². The van der Waals surface area contributed by atoms with Gasteiger partial charge in [0, 0.05) is 29.2 Å². The summed E-state index contributed by atoms with van der Waals surface area (Å²) in [5.74, 6) is -2.67. The average Bonchev–Trinajstić information content (AvgIpc) is 2.68. The van der Waals surface area contributed by atoms with Crippen LogP contribution in [0, 0.1) is 6.92 Å². The van der Waals surface area contributed by atoms with Gasteiger partial charge in [-0.05, 0) is 53.5 Å². The number of carboxylic acids is 1. The number of halogens is 6. The lowest BCUT2D eigenvalue weighted by Crippen LogP contribution is -2.46. The summed E-state index contributed by atoms with van der Waals surface area (Å²) in [7, 11) is 0. The molecule has 1 aliphatic heterocycles. The fourth-order valence-corrected chi connectivity index (χ4v) is 4.05. The number of carbonyl (C=O) groups excluding carboxylic acids is 1. The minimum absolute atomic E-state index is 0.0615. The number of carboxylic acid groups (broad SMARTS) is 1. The van der Waals surface area contributed by atoms with E-state index in [1.54, 1.807) is 26.8 Å². The topological polar surface area (TPSA) is 66.8 Å². The summed E-state index contributed by atoms with van der Waals surface area (Å²) in [6.07, 6.45) is -8.00. The molecule has 0 aliphatic carbocycles. The molecule has 0 aromatic heterocycles. The van der Waals surface area contributed by atoms with E-state index in [0.29, 0.717) is 16.0 Å². The third-order valence-corrected chi connectivity index (χ3v) is 5.53. The molecular formula is C24H21F6NO4. The first-order valence-corrected chi connectivity index (χ1v) is 10.3. The third-order valence-electron chi connectivity index (χ3n) is 5.53. The molecule has 0 saturated carbocycles. The van der Waals surface area contributed by atoms with Crippen LogP contribution in [-0.2, 0) is 15.0 Å². The fourth-order valence-electron chi connectivity index (χ4n) is 4.05. The number of hydrogen-bond donors (Lipinski definition) is 1. The van der Waals surface area contributed by atoms with Gasteiger partial charge in [0.1, 0.15) is 12.3 Å². The molecule has 0 unspecified atom stereocenters. The predicted octanol–water partition coefficient (Wildman–Crippen LogP) is 6.24. The Bertz CT molecular complexity index is 1200. The average molecular weight is 501 g/mol. The molecule has 1 amide bonds. The number of amides is 1. The molecule has 0 saturated heterocycles. The standard InChI is InChI=1S/C24H21F6NO4/c1-13-8-17-18(31(12-23(25,26)27)20(32)11-22(17,2)3)10-15(13)16-9-14(5-7-21(33)34)4-6-19(16)35-24(28,29)30/h4-10H,11-12H2,1-3H3,(H,33,34)/b7-5+. The molecule has 0 radical (unpaired) electrons. The van der Waals surface area contributed by atoms with E-state index in [1.807, 2.05) is 0 Å². The van der Waals surface area contributed by atoms with E-state index in [4.69, 9.17) is 5.11 Å². The van der Waals surface area contributed by atoms with E-state index in [1.165, 1.54) is 18.2 Å². The van der Waals surface area contributed by atoms with Crippen molar-refractivity contribution in [3.63, 3.8) is 0 Å². The summed E-state index contributed by atoms with van der Waals surface area (Å²) in [5, 5.41) is 8.85. The van der Waals surface area contributed by atoms with Crippen molar-refractivity contribution in [2.24, 2.45) is 0 Å². The Morgan fingerprint density at radius 1 is 1.11 bits per heavy atom. The molecule has 11 heteroatoms. The zero-order valence-corrected chi connectivity index (χ0v) is 18.8. The Morgan fingerprint density at radius 2 is 1.77 bits per heavy atom. The van der Waals surface area contributed by atoms with Gasteiger partial charge in [0.15, 0.2) is 0 Å². The Morgan fingerprint density at radius 3 is 2.34 bits per heavy atom. The quantitative estimate of drug-likeness (QED) is 0.389. The van der Waals surface area contributed by atoms with Crippen molar-refractivity contribution >= 4 is 23.6 Å². The van der Waals surface area contributed by atoms with E-state index in [-0.39, 0.29) is 28.8 Å². The second-order valence-corrected chi connectivity index (χ2v) is 8.81. The van der Waals surface area contributed by atoms with Crippen molar-refractivity contribution in [2.45, 2.75) is 45.1 Å². The highest BCUT2D eigenvalue weighted by molar-refractivity contribution is 5.99. The van der Waals surface area contributed by atoms with Crippen LogP contribution in [0.3, 0.4) is 0 Å². The van der Waals surface area contributed by atoms with Gasteiger partial charge in [-0.3, -0.25) is 4.79 Å². The number of hydrogen-bond acceptors (Lipinski definition) is 3. The minimum Gasteiger partial charge on any atom is -0.478 e. The second-order valence-electron chi connectivity index (χ2n) is 8.81. The molecule has 0 spiro atoms. The Labute approximate surface area is 196 Å².